The molecule has 1 aliphatic heterocycles. The minimum atomic E-state index is 0.891. The van der Waals surface area contributed by atoms with Crippen LogP contribution in [0.2, 0.25) is 0 Å². The molecule has 0 unspecified atom stereocenters. The lowest BCUT2D eigenvalue weighted by Crippen LogP contribution is -2.21. The van der Waals surface area contributed by atoms with E-state index in [1.165, 1.54) is 33.6 Å². The first-order valence-electron chi connectivity index (χ1n) is 11.0. The third-order valence-electron chi connectivity index (χ3n) is 6.03. The molecule has 2 heterocycles. The number of aromatic nitrogens is 2. The number of imidazole rings is 1. The van der Waals surface area contributed by atoms with Crippen molar-refractivity contribution in [2.45, 2.75) is 20.3 Å². The average molecular weight is 421 g/mol. The highest BCUT2D eigenvalue weighted by Gasteiger charge is 2.12. The van der Waals surface area contributed by atoms with Gasteiger partial charge in [0.2, 0.25) is 0 Å². The summed E-state index contributed by atoms with van der Waals surface area (Å²) in [5.74, 6) is 0. The maximum atomic E-state index is 4.71. The standard InChI is InChI=1S/C28H28N4/c1-21-7-4-8-22(2)28(21)32-18-27(29-19-32)25-11-5-9-23(16-25)15-24-10-6-12-26(17-24)31-14-13-30(3)20-31/h4-14,16-19H,15,20H2,1-3H3. The van der Waals surface area contributed by atoms with Crippen LogP contribution in [0.1, 0.15) is 22.3 Å². The van der Waals surface area contributed by atoms with Crippen LogP contribution in [0.3, 0.4) is 0 Å². The van der Waals surface area contributed by atoms with Gasteiger partial charge >= 0.3 is 0 Å². The molecule has 0 saturated heterocycles. The summed E-state index contributed by atoms with van der Waals surface area (Å²) in [5, 5.41) is 0. The van der Waals surface area contributed by atoms with Crippen molar-refractivity contribution in [3.8, 4) is 16.9 Å². The number of rotatable bonds is 5. The molecule has 0 atom stereocenters. The van der Waals surface area contributed by atoms with Crippen LogP contribution in [0.4, 0.5) is 5.69 Å². The van der Waals surface area contributed by atoms with Crippen molar-refractivity contribution in [3.63, 3.8) is 0 Å². The second-order valence-corrected chi connectivity index (χ2v) is 8.62. The summed E-state index contributed by atoms with van der Waals surface area (Å²) in [4.78, 5) is 9.15. The lowest BCUT2D eigenvalue weighted by Gasteiger charge is -2.19. The Morgan fingerprint density at radius 2 is 1.56 bits per heavy atom. The van der Waals surface area contributed by atoms with Crippen molar-refractivity contribution < 1.29 is 0 Å². The van der Waals surface area contributed by atoms with Crippen LogP contribution >= 0.6 is 0 Å². The maximum Gasteiger partial charge on any atom is 0.0999 e. The van der Waals surface area contributed by atoms with Gasteiger partial charge in [-0.2, -0.15) is 0 Å². The van der Waals surface area contributed by atoms with E-state index in [0.717, 1.165) is 24.3 Å². The van der Waals surface area contributed by atoms with Gasteiger partial charge in [-0.1, -0.05) is 48.5 Å². The summed E-state index contributed by atoms with van der Waals surface area (Å²) in [5.41, 5.74) is 9.68. The Labute approximate surface area is 190 Å². The molecule has 0 aliphatic carbocycles. The Kier molecular flexibility index (Phi) is 5.28. The average Bonchev–Trinajstić information content (AvgIpc) is 3.44. The van der Waals surface area contributed by atoms with E-state index in [-0.39, 0.29) is 0 Å². The number of hydrogen-bond donors (Lipinski definition) is 0. The molecule has 4 heteroatoms. The van der Waals surface area contributed by atoms with Gasteiger partial charge in [-0.3, -0.25) is 0 Å². The summed E-state index contributed by atoms with van der Waals surface area (Å²) < 4.78 is 2.14. The van der Waals surface area contributed by atoms with Crippen molar-refractivity contribution in [3.05, 3.63) is 114 Å². The summed E-state index contributed by atoms with van der Waals surface area (Å²) in [7, 11) is 2.09. The summed E-state index contributed by atoms with van der Waals surface area (Å²) in [6, 6.07) is 23.9. The van der Waals surface area contributed by atoms with E-state index >= 15 is 0 Å². The third kappa shape index (κ3) is 4.04. The summed E-state index contributed by atoms with van der Waals surface area (Å²) in [6.45, 7) is 5.18. The predicted octanol–water partition coefficient (Wildman–Crippen LogP) is 5.93. The second kappa shape index (κ2) is 8.39. The molecule has 0 amide bonds. The highest BCUT2D eigenvalue weighted by molar-refractivity contribution is 5.61. The lowest BCUT2D eigenvalue weighted by molar-refractivity contribution is 0.495. The SMILES string of the molecule is Cc1cccc(C)c1-n1cnc(-c2cccc(Cc3cccc(N4C=CN(C)C4)c3)c2)c1. The van der Waals surface area contributed by atoms with E-state index in [0.29, 0.717) is 0 Å². The van der Waals surface area contributed by atoms with Crippen molar-refractivity contribution in [2.75, 3.05) is 18.6 Å². The first-order chi connectivity index (χ1) is 15.6. The Morgan fingerprint density at radius 1 is 0.844 bits per heavy atom. The molecule has 1 aromatic heterocycles. The van der Waals surface area contributed by atoms with Crippen LogP contribution < -0.4 is 4.90 Å². The number of hydrogen-bond acceptors (Lipinski definition) is 3. The van der Waals surface area contributed by atoms with Gasteiger partial charge in [-0.25, -0.2) is 4.98 Å². The van der Waals surface area contributed by atoms with Crippen LogP contribution in [0, 0.1) is 13.8 Å². The van der Waals surface area contributed by atoms with Crippen molar-refractivity contribution >= 4 is 5.69 Å². The first-order valence-corrected chi connectivity index (χ1v) is 11.0. The minimum Gasteiger partial charge on any atom is -0.361 e. The van der Waals surface area contributed by atoms with Gasteiger partial charge in [0.25, 0.3) is 0 Å². The summed E-state index contributed by atoms with van der Waals surface area (Å²) in [6.07, 6.45) is 9.18. The van der Waals surface area contributed by atoms with Gasteiger partial charge in [0, 0.05) is 36.9 Å². The van der Waals surface area contributed by atoms with Gasteiger partial charge in [0.05, 0.1) is 24.4 Å². The van der Waals surface area contributed by atoms with Crippen LogP contribution in [-0.4, -0.2) is 28.2 Å². The molecule has 0 radical (unpaired) electrons. The van der Waals surface area contributed by atoms with Crippen molar-refractivity contribution in [1.82, 2.24) is 14.5 Å². The molecule has 0 fully saturated rings. The maximum absolute atomic E-state index is 4.71. The second-order valence-electron chi connectivity index (χ2n) is 8.62. The zero-order valence-corrected chi connectivity index (χ0v) is 18.9. The highest BCUT2D eigenvalue weighted by atomic mass is 15.3. The molecule has 5 rings (SSSR count). The quantitative estimate of drug-likeness (QED) is 0.400. The molecule has 4 nitrogen and oxygen atoms in total. The molecular formula is C28H28N4. The van der Waals surface area contributed by atoms with Crippen LogP contribution in [0.25, 0.3) is 16.9 Å². The molecule has 160 valence electrons. The Bertz CT molecular complexity index is 1260. The van der Waals surface area contributed by atoms with Crippen LogP contribution in [0.5, 0.6) is 0 Å². The fourth-order valence-corrected chi connectivity index (χ4v) is 4.43. The van der Waals surface area contributed by atoms with Gasteiger partial charge in [-0.05, 0) is 60.7 Å². The van der Waals surface area contributed by atoms with E-state index in [1.807, 2.05) is 6.33 Å². The molecule has 32 heavy (non-hydrogen) atoms. The van der Waals surface area contributed by atoms with E-state index in [9.17, 15) is 0 Å². The molecule has 0 saturated carbocycles. The number of para-hydroxylation sites is 1. The Morgan fingerprint density at radius 3 is 2.31 bits per heavy atom. The molecule has 1 aliphatic rings. The van der Waals surface area contributed by atoms with Crippen molar-refractivity contribution in [1.29, 1.82) is 0 Å². The minimum absolute atomic E-state index is 0.891. The molecule has 3 aromatic carbocycles. The van der Waals surface area contributed by atoms with Gasteiger partial charge < -0.3 is 14.4 Å². The topological polar surface area (TPSA) is 24.3 Å². The zero-order chi connectivity index (χ0) is 22.1. The Hall–Kier alpha value is -3.79. The molecule has 0 spiro atoms. The smallest absolute Gasteiger partial charge is 0.0999 e. The van der Waals surface area contributed by atoms with Gasteiger partial charge in [0.1, 0.15) is 0 Å². The monoisotopic (exact) mass is 420 g/mol. The number of aryl methyl sites for hydroxylation is 2. The number of nitrogens with zero attached hydrogens (tertiary/aromatic N) is 4. The van der Waals surface area contributed by atoms with Gasteiger partial charge in [-0.15, -0.1) is 0 Å². The molecule has 0 N–H and O–H groups in total. The number of benzene rings is 3. The molecule has 0 bridgehead atoms. The van der Waals surface area contributed by atoms with Crippen LogP contribution in [0.15, 0.2) is 91.7 Å². The lowest BCUT2D eigenvalue weighted by atomic mass is 10.0. The fraction of sp³-hybridized carbons (Fsp3) is 0.179. The van der Waals surface area contributed by atoms with Crippen LogP contribution in [-0.2, 0) is 6.42 Å². The number of anilines is 1. The first kappa shape index (κ1) is 20.1. The summed E-state index contributed by atoms with van der Waals surface area (Å²) >= 11 is 0. The predicted molar refractivity (Wildman–Crippen MR) is 132 cm³/mol. The van der Waals surface area contributed by atoms with E-state index in [2.05, 4.69) is 121 Å². The highest BCUT2D eigenvalue weighted by Crippen LogP contribution is 2.25. The fourth-order valence-electron chi connectivity index (χ4n) is 4.43. The normalized spacial score (nSPS) is 13.2. The van der Waals surface area contributed by atoms with E-state index in [1.54, 1.807) is 0 Å². The molecule has 4 aromatic rings. The van der Waals surface area contributed by atoms with Crippen molar-refractivity contribution in [2.24, 2.45) is 0 Å². The Balaban J connectivity index is 1.38. The largest absolute Gasteiger partial charge is 0.361 e. The third-order valence-corrected chi connectivity index (χ3v) is 6.03. The van der Waals surface area contributed by atoms with E-state index in [4.69, 9.17) is 4.98 Å². The zero-order valence-electron chi connectivity index (χ0n) is 18.9. The van der Waals surface area contributed by atoms with E-state index < -0.39 is 0 Å². The molecular weight excluding hydrogens is 392 g/mol. The van der Waals surface area contributed by atoms with Gasteiger partial charge in [0.15, 0.2) is 0 Å².